The van der Waals surface area contributed by atoms with Gasteiger partial charge in [-0.05, 0) is 43.4 Å². The lowest BCUT2D eigenvalue weighted by Gasteiger charge is -2.54. The lowest BCUT2D eigenvalue weighted by Crippen LogP contribution is -2.59. The predicted molar refractivity (Wildman–Crippen MR) is 119 cm³/mol. The van der Waals surface area contributed by atoms with Crippen molar-refractivity contribution < 1.29 is 19.8 Å². The second-order valence-electron chi connectivity index (χ2n) is 9.70. The predicted octanol–water partition coefficient (Wildman–Crippen LogP) is 7.16. The van der Waals surface area contributed by atoms with Gasteiger partial charge in [-0.3, -0.25) is 9.59 Å². The van der Waals surface area contributed by atoms with Crippen LogP contribution in [0, 0.1) is 28.6 Å². The largest absolute Gasteiger partial charge is 0.481 e. The molecule has 1 aliphatic carbocycles. The van der Waals surface area contributed by atoms with Crippen molar-refractivity contribution in [1.82, 2.24) is 0 Å². The molecular weight excluding hydrogens is 364 g/mol. The first kappa shape index (κ1) is 26.0. The number of unbranched alkanes of at least 4 members (excludes halogenated alkanes) is 2. The molecule has 5 atom stereocenters. The number of rotatable bonds is 14. The summed E-state index contributed by atoms with van der Waals surface area (Å²) >= 11 is 0. The van der Waals surface area contributed by atoms with Crippen LogP contribution in [0.2, 0.25) is 0 Å². The van der Waals surface area contributed by atoms with Gasteiger partial charge in [-0.1, -0.05) is 92.4 Å². The van der Waals surface area contributed by atoms with E-state index in [1.54, 1.807) is 0 Å². The van der Waals surface area contributed by atoms with Crippen LogP contribution in [0.1, 0.15) is 118 Å². The Morgan fingerprint density at radius 1 is 0.897 bits per heavy atom. The average Bonchev–Trinajstić information content (AvgIpc) is 2.69. The molecule has 1 rings (SSSR count). The molecule has 0 saturated heterocycles. The van der Waals surface area contributed by atoms with Crippen molar-refractivity contribution in [1.29, 1.82) is 0 Å². The summed E-state index contributed by atoms with van der Waals surface area (Å²) < 4.78 is 0. The van der Waals surface area contributed by atoms with Crippen LogP contribution in [0.15, 0.2) is 0 Å². The van der Waals surface area contributed by atoms with E-state index in [1.165, 1.54) is 0 Å². The maximum atomic E-state index is 13.0. The molecule has 0 amide bonds. The minimum Gasteiger partial charge on any atom is -0.481 e. The molecule has 0 aliphatic heterocycles. The van der Waals surface area contributed by atoms with Crippen molar-refractivity contribution in [2.45, 2.75) is 118 Å². The summed E-state index contributed by atoms with van der Waals surface area (Å²) in [6, 6.07) is 0. The average molecular weight is 411 g/mol. The topological polar surface area (TPSA) is 74.6 Å². The SMILES string of the molecule is CCCCC(CC)CC1(C(=O)O)CCCC(C)C1(CC(CC)CCCC)C(=O)O. The van der Waals surface area contributed by atoms with Crippen LogP contribution in [-0.4, -0.2) is 22.2 Å². The van der Waals surface area contributed by atoms with Gasteiger partial charge in [-0.2, -0.15) is 0 Å². The Morgan fingerprint density at radius 2 is 1.41 bits per heavy atom. The third kappa shape index (κ3) is 5.55. The van der Waals surface area contributed by atoms with E-state index in [0.717, 1.165) is 64.2 Å². The van der Waals surface area contributed by atoms with Gasteiger partial charge in [0, 0.05) is 0 Å². The van der Waals surface area contributed by atoms with Crippen LogP contribution in [0.25, 0.3) is 0 Å². The van der Waals surface area contributed by atoms with Crippen molar-refractivity contribution in [3.63, 3.8) is 0 Å². The minimum atomic E-state index is -1.16. The Labute approximate surface area is 178 Å². The first-order chi connectivity index (χ1) is 13.7. The van der Waals surface area contributed by atoms with Gasteiger partial charge in [0.25, 0.3) is 0 Å². The first-order valence-corrected chi connectivity index (χ1v) is 12.2. The molecule has 170 valence electrons. The van der Waals surface area contributed by atoms with Gasteiger partial charge in [0.05, 0.1) is 10.8 Å². The van der Waals surface area contributed by atoms with Crippen molar-refractivity contribution in [3.8, 4) is 0 Å². The van der Waals surface area contributed by atoms with Crippen molar-refractivity contribution >= 4 is 11.9 Å². The Hall–Kier alpha value is -1.06. The van der Waals surface area contributed by atoms with Crippen molar-refractivity contribution in [3.05, 3.63) is 0 Å². The molecule has 29 heavy (non-hydrogen) atoms. The smallest absolute Gasteiger partial charge is 0.311 e. The lowest BCUT2D eigenvalue weighted by molar-refractivity contribution is -0.193. The number of carboxylic acids is 2. The molecule has 4 heteroatoms. The Morgan fingerprint density at radius 3 is 1.83 bits per heavy atom. The molecule has 0 aromatic rings. The van der Waals surface area contributed by atoms with Gasteiger partial charge in [0.1, 0.15) is 0 Å². The van der Waals surface area contributed by atoms with E-state index in [9.17, 15) is 19.8 Å². The van der Waals surface area contributed by atoms with Crippen molar-refractivity contribution in [2.24, 2.45) is 28.6 Å². The van der Waals surface area contributed by atoms with Crippen molar-refractivity contribution in [2.75, 3.05) is 0 Å². The molecule has 1 fully saturated rings. The number of hydrogen-bond acceptors (Lipinski definition) is 2. The molecule has 0 spiro atoms. The van der Waals surface area contributed by atoms with Crippen LogP contribution >= 0.6 is 0 Å². The van der Waals surface area contributed by atoms with Gasteiger partial charge in [0.2, 0.25) is 0 Å². The highest BCUT2D eigenvalue weighted by molar-refractivity contribution is 5.87. The van der Waals surface area contributed by atoms with Gasteiger partial charge in [0.15, 0.2) is 0 Å². The number of hydrogen-bond donors (Lipinski definition) is 2. The summed E-state index contributed by atoms with van der Waals surface area (Å²) in [6.07, 6.45) is 11.3. The lowest BCUT2D eigenvalue weighted by atomic mass is 9.47. The maximum absolute atomic E-state index is 13.0. The van der Waals surface area contributed by atoms with Gasteiger partial charge in [-0.25, -0.2) is 0 Å². The highest BCUT2D eigenvalue weighted by Gasteiger charge is 2.65. The monoisotopic (exact) mass is 410 g/mol. The Kier molecular flexibility index (Phi) is 10.7. The summed E-state index contributed by atoms with van der Waals surface area (Å²) in [7, 11) is 0. The summed E-state index contributed by atoms with van der Waals surface area (Å²) in [6.45, 7) is 10.6. The van der Waals surface area contributed by atoms with E-state index in [4.69, 9.17) is 0 Å². The van der Waals surface area contributed by atoms with E-state index in [-0.39, 0.29) is 17.8 Å². The molecule has 0 aromatic carbocycles. The molecule has 0 radical (unpaired) electrons. The van der Waals surface area contributed by atoms with Crippen LogP contribution in [-0.2, 0) is 9.59 Å². The number of aliphatic carboxylic acids is 2. The molecule has 1 saturated carbocycles. The fraction of sp³-hybridized carbons (Fsp3) is 0.920. The molecule has 0 bridgehead atoms. The van der Waals surface area contributed by atoms with Crippen LogP contribution in [0.3, 0.4) is 0 Å². The third-order valence-corrected chi connectivity index (χ3v) is 8.06. The first-order valence-electron chi connectivity index (χ1n) is 12.2. The zero-order valence-electron chi connectivity index (χ0n) is 19.6. The summed E-state index contributed by atoms with van der Waals surface area (Å²) in [5.41, 5.74) is -2.31. The molecule has 5 unspecified atom stereocenters. The third-order valence-electron chi connectivity index (χ3n) is 8.06. The van der Waals surface area contributed by atoms with E-state index >= 15 is 0 Å². The quantitative estimate of drug-likeness (QED) is 0.318. The molecule has 0 heterocycles. The standard InChI is InChI=1S/C25H46O4/c1-6-10-14-20(8-3)17-24(22(26)27)16-12-13-19(5)25(24,23(28)29)18-21(9-4)15-11-7-2/h19-21H,6-18H2,1-5H3,(H,26,27)(H,28,29). The fourth-order valence-corrected chi connectivity index (χ4v) is 6.05. The molecular formula is C25H46O4. The van der Waals surface area contributed by atoms with Crippen LogP contribution < -0.4 is 0 Å². The Bertz CT molecular complexity index is 517. The molecule has 2 N–H and O–H groups in total. The second kappa shape index (κ2) is 12.0. The number of carboxylic acid groups (broad SMARTS) is 2. The van der Waals surface area contributed by atoms with E-state index in [1.807, 2.05) is 6.92 Å². The second-order valence-corrected chi connectivity index (χ2v) is 9.70. The van der Waals surface area contributed by atoms with Gasteiger partial charge < -0.3 is 10.2 Å². The van der Waals surface area contributed by atoms with Gasteiger partial charge in [-0.15, -0.1) is 0 Å². The highest BCUT2D eigenvalue weighted by Crippen LogP contribution is 2.61. The summed E-state index contributed by atoms with van der Waals surface area (Å²) in [5, 5.41) is 21.2. The maximum Gasteiger partial charge on any atom is 0.311 e. The normalized spacial score (nSPS) is 29.3. The zero-order valence-corrected chi connectivity index (χ0v) is 19.6. The molecule has 4 nitrogen and oxygen atoms in total. The summed E-state index contributed by atoms with van der Waals surface area (Å²) in [4.78, 5) is 25.8. The number of carbonyl (C=O) groups is 2. The molecule has 0 aromatic heterocycles. The fourth-order valence-electron chi connectivity index (χ4n) is 6.05. The molecule has 1 aliphatic rings. The highest BCUT2D eigenvalue weighted by atomic mass is 16.4. The van der Waals surface area contributed by atoms with E-state index in [0.29, 0.717) is 19.3 Å². The Balaban J connectivity index is 3.45. The summed E-state index contributed by atoms with van der Waals surface area (Å²) in [5.74, 6) is -1.28. The minimum absolute atomic E-state index is 0.107. The van der Waals surface area contributed by atoms with E-state index < -0.39 is 22.8 Å². The van der Waals surface area contributed by atoms with Crippen LogP contribution in [0.5, 0.6) is 0 Å². The van der Waals surface area contributed by atoms with Crippen LogP contribution in [0.4, 0.5) is 0 Å². The van der Waals surface area contributed by atoms with Gasteiger partial charge >= 0.3 is 11.9 Å². The van der Waals surface area contributed by atoms with E-state index in [2.05, 4.69) is 27.7 Å². The zero-order chi connectivity index (χ0) is 22.1.